The van der Waals surface area contributed by atoms with E-state index in [-0.39, 0.29) is 74.2 Å². The molecule has 0 atom stereocenters. The van der Waals surface area contributed by atoms with Crippen LogP contribution < -0.4 is 48.0 Å². The molecule has 0 nitrogen and oxygen atoms in total. The molecule has 4 aromatic carbocycles. The molecule has 4 aromatic rings. The summed E-state index contributed by atoms with van der Waals surface area (Å²) < 4.78 is 0. The van der Waals surface area contributed by atoms with E-state index < -0.39 is 0 Å². The van der Waals surface area contributed by atoms with E-state index in [1.807, 2.05) is 0 Å². The van der Waals surface area contributed by atoms with Crippen LogP contribution in [0.3, 0.4) is 0 Å². The molecule has 0 unspecified atom stereocenters. The Bertz CT molecular complexity index is 814. The summed E-state index contributed by atoms with van der Waals surface area (Å²) in [5.41, 5.74) is 2.94. The minimum absolute atomic E-state index is 0. The summed E-state index contributed by atoms with van der Waals surface area (Å²) >= 11 is 0. The van der Waals surface area contributed by atoms with Gasteiger partial charge in [-0.05, 0) is 12.8 Å². The Labute approximate surface area is 252 Å². The van der Waals surface area contributed by atoms with Crippen molar-refractivity contribution in [2.45, 2.75) is 65.5 Å². The topological polar surface area (TPSA) is 0 Å². The van der Waals surface area contributed by atoms with Crippen molar-refractivity contribution in [3.63, 3.8) is 0 Å². The molecule has 0 N–H and O–H groups in total. The Kier molecular flexibility index (Phi) is 22.1. The van der Waals surface area contributed by atoms with E-state index in [0.717, 1.165) is 9.52 Å². The van der Waals surface area contributed by atoms with Gasteiger partial charge in [0, 0.05) is 9.52 Å². The van der Waals surface area contributed by atoms with Crippen molar-refractivity contribution in [2.75, 3.05) is 0 Å². The second kappa shape index (κ2) is 20.6. The van der Waals surface area contributed by atoms with Gasteiger partial charge in [0.15, 0.2) is 0 Å². The maximum atomic E-state index is 2.29. The largest absolute Gasteiger partial charge is 4.00 e. The van der Waals surface area contributed by atoms with Gasteiger partial charge in [0.05, 0.1) is 0 Å². The number of hydrogen-bond acceptors (Lipinski definition) is 0. The van der Waals surface area contributed by atoms with Crippen molar-refractivity contribution in [2.24, 2.45) is 0 Å². The first-order chi connectivity index (χ1) is 14.2. The summed E-state index contributed by atoms with van der Waals surface area (Å²) in [4.78, 5) is 0. The fraction of sp³-hybridized carbons (Fsp3) is 0.357. The summed E-state index contributed by atoms with van der Waals surface area (Å²) in [6.45, 7) is 8.94. The molecule has 0 heterocycles. The van der Waals surface area contributed by atoms with E-state index in [2.05, 4.69) is 100 Å². The monoisotopic (exact) mass is 745 g/mol. The van der Waals surface area contributed by atoms with Gasteiger partial charge in [0.2, 0.25) is 0 Å². The molecule has 0 amide bonds. The Morgan fingerprint density at radius 2 is 1.00 bits per heavy atom. The normalized spacial score (nSPS) is 9.38. The molecule has 32 heavy (non-hydrogen) atoms. The van der Waals surface area contributed by atoms with Gasteiger partial charge in [-0.25, -0.2) is 0 Å². The third kappa shape index (κ3) is 12.1. The molecule has 0 saturated carbocycles. The molecular formula is C28H37I2SiZr. The fourth-order valence-electron chi connectivity index (χ4n) is 3.58. The molecule has 1 radical (unpaired) electrons. The number of benzene rings is 2. The van der Waals surface area contributed by atoms with Gasteiger partial charge in [-0.1, -0.05) is 64.8 Å². The summed E-state index contributed by atoms with van der Waals surface area (Å²) in [5.74, 6) is 0. The fourth-order valence-corrected chi connectivity index (χ4v) is 4.16. The molecule has 0 aliphatic carbocycles. The van der Waals surface area contributed by atoms with Gasteiger partial charge >= 0.3 is 26.2 Å². The number of aryl methyl sites for hydroxylation is 2. The van der Waals surface area contributed by atoms with Gasteiger partial charge in [-0.15, -0.1) is 81.2 Å². The average molecular weight is 747 g/mol. The SMILES string of the molecule is CCCc1cc2ccccc2[cH-]1.CCCc1cc2ccccc2[cH-]1.CC[SiH]CC.[I-].[I-].[Zr+4]. The minimum Gasteiger partial charge on any atom is -1.00 e. The van der Waals surface area contributed by atoms with Crippen LogP contribution in [0, 0.1) is 0 Å². The van der Waals surface area contributed by atoms with Crippen molar-refractivity contribution in [1.29, 1.82) is 0 Å². The van der Waals surface area contributed by atoms with Crippen LogP contribution in [0.2, 0.25) is 12.1 Å². The van der Waals surface area contributed by atoms with Crippen LogP contribution in [-0.4, -0.2) is 9.52 Å². The van der Waals surface area contributed by atoms with E-state index in [1.54, 1.807) is 0 Å². The Morgan fingerprint density at radius 1 is 0.625 bits per heavy atom. The van der Waals surface area contributed by atoms with Gasteiger partial charge in [0.25, 0.3) is 0 Å². The van der Waals surface area contributed by atoms with Gasteiger partial charge in [-0.2, -0.15) is 12.1 Å². The summed E-state index contributed by atoms with van der Waals surface area (Å²) in [5, 5.41) is 5.50. The van der Waals surface area contributed by atoms with Gasteiger partial charge in [-0.3, -0.25) is 0 Å². The average Bonchev–Trinajstić information content (AvgIpc) is 3.33. The summed E-state index contributed by atoms with van der Waals surface area (Å²) in [6, 6.07) is 29.1. The molecular weight excluding hydrogens is 709 g/mol. The second-order valence-electron chi connectivity index (χ2n) is 7.59. The molecule has 0 bridgehead atoms. The van der Waals surface area contributed by atoms with Crippen LogP contribution in [-0.2, 0) is 39.0 Å². The van der Waals surface area contributed by atoms with Gasteiger partial charge < -0.3 is 48.0 Å². The zero-order valence-corrected chi connectivity index (χ0v) is 27.9. The van der Waals surface area contributed by atoms with E-state index in [4.69, 9.17) is 0 Å². The van der Waals surface area contributed by atoms with Crippen LogP contribution in [0.25, 0.3) is 21.5 Å². The summed E-state index contributed by atoms with van der Waals surface area (Å²) in [7, 11) is 0.815. The van der Waals surface area contributed by atoms with Crippen molar-refractivity contribution in [1.82, 2.24) is 0 Å². The number of hydrogen-bond donors (Lipinski definition) is 0. The molecule has 0 aliphatic rings. The second-order valence-corrected chi connectivity index (χ2v) is 9.80. The van der Waals surface area contributed by atoms with Crippen molar-refractivity contribution in [3.8, 4) is 0 Å². The first-order valence-corrected chi connectivity index (χ1v) is 12.9. The molecule has 171 valence electrons. The summed E-state index contributed by atoms with van der Waals surface area (Å²) in [6.07, 6.45) is 4.87. The molecule has 0 spiro atoms. The molecule has 0 saturated heterocycles. The molecule has 0 fully saturated rings. The van der Waals surface area contributed by atoms with Crippen LogP contribution >= 0.6 is 0 Å². The third-order valence-electron chi connectivity index (χ3n) is 5.01. The predicted molar refractivity (Wildman–Crippen MR) is 135 cm³/mol. The Balaban J connectivity index is 0. The number of fused-ring (bicyclic) bond motifs is 2. The standard InChI is InChI=1S/2C12H13.C4H11Si.2HI.Zr/c2*1-2-5-10-8-11-6-3-4-7-12(11)9-10;1-3-5-4-2;;;/h2*3-4,6-9H,2,5H2,1H3;5H,3-4H2,1-2H3;2*1H;/q2*-1;;;;+4/p-2. The first kappa shape index (κ1) is 34.4. The number of halogens is 2. The quantitative estimate of drug-likeness (QED) is 0.162. The van der Waals surface area contributed by atoms with Gasteiger partial charge in [0.1, 0.15) is 0 Å². The maximum Gasteiger partial charge on any atom is 4.00 e. The van der Waals surface area contributed by atoms with Crippen LogP contribution in [0.15, 0.2) is 72.8 Å². The Morgan fingerprint density at radius 3 is 1.28 bits per heavy atom. The molecule has 4 heteroatoms. The van der Waals surface area contributed by atoms with Crippen LogP contribution in [0.1, 0.15) is 51.7 Å². The van der Waals surface area contributed by atoms with E-state index in [1.165, 1.54) is 70.4 Å². The predicted octanol–water partition coefficient (Wildman–Crippen LogP) is 2.33. The zero-order valence-electron chi connectivity index (χ0n) is 20.0. The molecule has 0 aromatic heterocycles. The third-order valence-corrected chi connectivity index (χ3v) is 6.17. The van der Waals surface area contributed by atoms with E-state index in [9.17, 15) is 0 Å². The minimum atomic E-state index is 0. The number of rotatable bonds is 6. The molecule has 4 rings (SSSR count). The first-order valence-electron chi connectivity index (χ1n) is 11.3. The van der Waals surface area contributed by atoms with Crippen molar-refractivity contribution in [3.05, 3.63) is 83.9 Å². The van der Waals surface area contributed by atoms with Crippen molar-refractivity contribution >= 4 is 31.1 Å². The van der Waals surface area contributed by atoms with E-state index >= 15 is 0 Å². The van der Waals surface area contributed by atoms with E-state index in [0.29, 0.717) is 0 Å². The Hall–Kier alpha value is 0.220. The van der Waals surface area contributed by atoms with Crippen molar-refractivity contribution < 1.29 is 74.2 Å². The van der Waals surface area contributed by atoms with Crippen LogP contribution in [0.4, 0.5) is 0 Å². The maximum absolute atomic E-state index is 2.29. The smallest absolute Gasteiger partial charge is 1.00 e. The molecule has 0 aliphatic heterocycles. The zero-order chi connectivity index (χ0) is 20.9. The van der Waals surface area contributed by atoms with Crippen LogP contribution in [0.5, 0.6) is 0 Å².